The highest BCUT2D eigenvalue weighted by Crippen LogP contribution is 2.24. The molecule has 2 aromatic rings. The lowest BCUT2D eigenvalue weighted by Crippen LogP contribution is -2.15. The van der Waals surface area contributed by atoms with Gasteiger partial charge in [-0.2, -0.15) is 10.4 Å². The molecule has 0 bridgehead atoms. The predicted octanol–water partition coefficient (Wildman–Crippen LogP) is 3.25. The van der Waals surface area contributed by atoms with Crippen molar-refractivity contribution < 1.29 is 9.59 Å². The Morgan fingerprint density at radius 3 is 2.48 bits per heavy atom. The van der Waals surface area contributed by atoms with E-state index >= 15 is 0 Å². The SMILES string of the molecule is CC(=O)Nc1cccc(NC(=O)CCc2c(C)nn(CCC#N)c2C)c1C. The normalized spacial score (nSPS) is 10.3. The number of hydrogen-bond donors (Lipinski definition) is 2. The van der Waals surface area contributed by atoms with Crippen LogP contribution in [-0.4, -0.2) is 21.6 Å². The molecule has 2 rings (SSSR count). The topological polar surface area (TPSA) is 99.8 Å². The molecule has 1 aromatic carbocycles. The van der Waals surface area contributed by atoms with Gasteiger partial charge in [0.25, 0.3) is 0 Å². The maximum atomic E-state index is 12.4. The van der Waals surface area contributed by atoms with Crippen LogP contribution in [0, 0.1) is 32.1 Å². The molecule has 0 saturated carbocycles. The Hall–Kier alpha value is -3.14. The Morgan fingerprint density at radius 2 is 1.85 bits per heavy atom. The van der Waals surface area contributed by atoms with Crippen molar-refractivity contribution in [1.29, 1.82) is 5.26 Å². The van der Waals surface area contributed by atoms with Crippen molar-refractivity contribution >= 4 is 23.2 Å². The number of benzene rings is 1. The first-order valence-corrected chi connectivity index (χ1v) is 8.90. The Morgan fingerprint density at radius 1 is 1.19 bits per heavy atom. The van der Waals surface area contributed by atoms with Crippen LogP contribution in [0.2, 0.25) is 0 Å². The van der Waals surface area contributed by atoms with Crippen LogP contribution in [0.15, 0.2) is 18.2 Å². The fraction of sp³-hybridized carbons (Fsp3) is 0.400. The molecule has 2 amide bonds. The molecule has 0 aliphatic heterocycles. The van der Waals surface area contributed by atoms with E-state index in [0.717, 1.165) is 22.5 Å². The van der Waals surface area contributed by atoms with Crippen molar-refractivity contribution in [3.05, 3.63) is 40.7 Å². The maximum absolute atomic E-state index is 12.4. The van der Waals surface area contributed by atoms with E-state index in [-0.39, 0.29) is 11.8 Å². The molecule has 27 heavy (non-hydrogen) atoms. The minimum absolute atomic E-state index is 0.0957. The molecule has 0 radical (unpaired) electrons. The van der Waals surface area contributed by atoms with E-state index in [1.54, 1.807) is 12.1 Å². The van der Waals surface area contributed by atoms with Gasteiger partial charge in [0, 0.05) is 30.4 Å². The number of nitriles is 1. The molecule has 0 fully saturated rings. The van der Waals surface area contributed by atoms with Crippen LogP contribution < -0.4 is 10.6 Å². The molecule has 0 saturated heterocycles. The minimum atomic E-state index is -0.152. The predicted molar refractivity (Wildman–Crippen MR) is 104 cm³/mol. The summed E-state index contributed by atoms with van der Waals surface area (Å²) >= 11 is 0. The molecule has 142 valence electrons. The van der Waals surface area contributed by atoms with Crippen LogP contribution in [0.4, 0.5) is 11.4 Å². The summed E-state index contributed by atoms with van der Waals surface area (Å²) in [6, 6.07) is 7.53. The lowest BCUT2D eigenvalue weighted by molar-refractivity contribution is -0.116. The summed E-state index contributed by atoms with van der Waals surface area (Å²) in [7, 11) is 0. The molecule has 0 unspecified atom stereocenters. The quantitative estimate of drug-likeness (QED) is 0.784. The number of aryl methyl sites for hydroxylation is 2. The first-order valence-electron chi connectivity index (χ1n) is 8.90. The van der Waals surface area contributed by atoms with Crippen LogP contribution in [-0.2, 0) is 22.6 Å². The molecule has 0 atom stereocenters. The smallest absolute Gasteiger partial charge is 0.224 e. The third-order valence-electron chi connectivity index (χ3n) is 4.49. The average Bonchev–Trinajstić information content (AvgIpc) is 2.88. The van der Waals surface area contributed by atoms with Crippen LogP contribution in [0.3, 0.4) is 0 Å². The number of nitrogens with zero attached hydrogens (tertiary/aromatic N) is 3. The zero-order chi connectivity index (χ0) is 20.0. The van der Waals surface area contributed by atoms with Gasteiger partial charge in [-0.3, -0.25) is 14.3 Å². The minimum Gasteiger partial charge on any atom is -0.326 e. The van der Waals surface area contributed by atoms with Gasteiger partial charge < -0.3 is 10.6 Å². The Kier molecular flexibility index (Phi) is 6.72. The van der Waals surface area contributed by atoms with Crippen LogP contribution in [0.5, 0.6) is 0 Å². The highest BCUT2D eigenvalue weighted by Gasteiger charge is 2.14. The molecule has 0 spiro atoms. The zero-order valence-corrected chi connectivity index (χ0v) is 16.2. The number of nitrogens with one attached hydrogen (secondary N) is 2. The monoisotopic (exact) mass is 367 g/mol. The number of aromatic nitrogens is 2. The number of hydrogen-bond acceptors (Lipinski definition) is 4. The van der Waals surface area contributed by atoms with Gasteiger partial charge in [-0.1, -0.05) is 6.07 Å². The van der Waals surface area contributed by atoms with E-state index in [2.05, 4.69) is 21.8 Å². The average molecular weight is 367 g/mol. The van der Waals surface area contributed by atoms with E-state index in [1.165, 1.54) is 6.92 Å². The van der Waals surface area contributed by atoms with Gasteiger partial charge in [-0.05, 0) is 50.5 Å². The fourth-order valence-corrected chi connectivity index (χ4v) is 3.02. The highest BCUT2D eigenvalue weighted by molar-refractivity contribution is 5.95. The first kappa shape index (κ1) is 20.2. The third-order valence-corrected chi connectivity index (χ3v) is 4.49. The molecule has 2 N–H and O–H groups in total. The lowest BCUT2D eigenvalue weighted by atomic mass is 10.1. The van der Waals surface area contributed by atoms with Crippen LogP contribution in [0.25, 0.3) is 0 Å². The third kappa shape index (κ3) is 5.17. The van der Waals surface area contributed by atoms with Crippen molar-refractivity contribution in [2.75, 3.05) is 10.6 Å². The lowest BCUT2D eigenvalue weighted by Gasteiger charge is -2.13. The van der Waals surface area contributed by atoms with Crippen molar-refractivity contribution in [2.24, 2.45) is 0 Å². The second-order valence-corrected chi connectivity index (χ2v) is 6.49. The van der Waals surface area contributed by atoms with Gasteiger partial charge in [0.15, 0.2) is 0 Å². The first-order chi connectivity index (χ1) is 12.8. The Bertz CT molecular complexity index is 893. The molecule has 0 aliphatic carbocycles. The fourth-order valence-electron chi connectivity index (χ4n) is 3.02. The van der Waals surface area contributed by atoms with Crippen molar-refractivity contribution in [3.63, 3.8) is 0 Å². The number of carbonyl (C=O) groups excluding carboxylic acids is 2. The van der Waals surface area contributed by atoms with Crippen molar-refractivity contribution in [1.82, 2.24) is 9.78 Å². The molecule has 1 heterocycles. The Labute approximate surface area is 159 Å². The van der Waals surface area contributed by atoms with Crippen LogP contribution in [0.1, 0.15) is 42.3 Å². The van der Waals surface area contributed by atoms with Crippen LogP contribution >= 0.6 is 0 Å². The van der Waals surface area contributed by atoms with Gasteiger partial charge in [0.2, 0.25) is 11.8 Å². The molecular formula is C20H25N5O2. The summed E-state index contributed by atoms with van der Waals surface area (Å²) in [5.41, 5.74) is 5.13. The number of amides is 2. The maximum Gasteiger partial charge on any atom is 0.224 e. The van der Waals surface area contributed by atoms with E-state index in [0.29, 0.717) is 37.2 Å². The highest BCUT2D eigenvalue weighted by atomic mass is 16.2. The zero-order valence-electron chi connectivity index (χ0n) is 16.2. The van der Waals surface area contributed by atoms with Gasteiger partial charge in [0.1, 0.15) is 0 Å². The molecule has 7 nitrogen and oxygen atoms in total. The molecule has 1 aromatic heterocycles. The largest absolute Gasteiger partial charge is 0.326 e. The van der Waals surface area contributed by atoms with Gasteiger partial charge >= 0.3 is 0 Å². The summed E-state index contributed by atoms with van der Waals surface area (Å²) < 4.78 is 1.83. The van der Waals surface area contributed by atoms with E-state index in [4.69, 9.17) is 5.26 Å². The second kappa shape index (κ2) is 8.99. The standard InChI is InChI=1S/C20H25N5O2/c1-13-18(22-16(4)26)7-5-8-19(13)23-20(27)10-9-17-14(2)24-25(15(17)3)12-6-11-21/h5,7-8H,6,9-10,12H2,1-4H3,(H,22,26)(H,23,27). The number of anilines is 2. The van der Waals surface area contributed by atoms with E-state index in [1.807, 2.05) is 31.5 Å². The Balaban J connectivity index is 2.02. The van der Waals surface area contributed by atoms with E-state index < -0.39 is 0 Å². The second-order valence-electron chi connectivity index (χ2n) is 6.49. The molecule has 7 heteroatoms. The van der Waals surface area contributed by atoms with Crippen molar-refractivity contribution in [2.45, 2.75) is 53.5 Å². The summed E-state index contributed by atoms with van der Waals surface area (Å²) in [5.74, 6) is -0.248. The van der Waals surface area contributed by atoms with Gasteiger partial charge in [0.05, 0.1) is 24.7 Å². The summed E-state index contributed by atoms with van der Waals surface area (Å²) in [6.45, 7) is 7.75. The van der Waals surface area contributed by atoms with Crippen molar-refractivity contribution in [3.8, 4) is 6.07 Å². The molecular weight excluding hydrogens is 342 g/mol. The number of rotatable bonds is 7. The molecule has 0 aliphatic rings. The number of carbonyl (C=O) groups is 2. The van der Waals surface area contributed by atoms with Gasteiger partial charge in [-0.25, -0.2) is 0 Å². The van der Waals surface area contributed by atoms with E-state index in [9.17, 15) is 9.59 Å². The summed E-state index contributed by atoms with van der Waals surface area (Å²) in [4.78, 5) is 23.7. The summed E-state index contributed by atoms with van der Waals surface area (Å²) in [6.07, 6.45) is 1.32. The van der Waals surface area contributed by atoms with Gasteiger partial charge in [-0.15, -0.1) is 0 Å². The summed E-state index contributed by atoms with van der Waals surface area (Å²) in [5, 5.41) is 18.9.